The minimum Gasteiger partial charge on any atom is -0.489 e. The number of carbonyl (C=O) groups is 1. The van der Waals surface area contributed by atoms with Gasteiger partial charge >= 0.3 is 0 Å². The van der Waals surface area contributed by atoms with E-state index < -0.39 is 0 Å². The van der Waals surface area contributed by atoms with Crippen LogP contribution >= 0.6 is 15.9 Å². The summed E-state index contributed by atoms with van der Waals surface area (Å²) in [5.41, 5.74) is 2.96. The van der Waals surface area contributed by atoms with Crippen molar-refractivity contribution >= 4 is 27.5 Å². The highest BCUT2D eigenvalue weighted by atomic mass is 79.9. The summed E-state index contributed by atoms with van der Waals surface area (Å²) in [5.74, 6) is 1.11. The highest BCUT2D eigenvalue weighted by Gasteiger charge is 2.08. The molecule has 4 nitrogen and oxygen atoms in total. The van der Waals surface area contributed by atoms with Crippen LogP contribution in [0.1, 0.15) is 18.1 Å². The maximum Gasteiger partial charge on any atom is 0.262 e. The third kappa shape index (κ3) is 5.86. The Morgan fingerprint density at radius 1 is 0.929 bits per heavy atom. The molecule has 3 aromatic rings. The average molecular weight is 440 g/mol. The van der Waals surface area contributed by atoms with Crippen molar-refractivity contribution in [3.8, 4) is 11.5 Å². The lowest BCUT2D eigenvalue weighted by molar-refractivity contribution is -0.118. The van der Waals surface area contributed by atoms with E-state index >= 15 is 0 Å². The zero-order valence-corrected chi connectivity index (χ0v) is 17.2. The molecule has 0 atom stereocenters. The molecular weight excluding hydrogens is 418 g/mol. The van der Waals surface area contributed by atoms with Gasteiger partial charge in [-0.1, -0.05) is 49.4 Å². The quantitative estimate of drug-likeness (QED) is 0.496. The molecule has 0 spiro atoms. The van der Waals surface area contributed by atoms with Crippen LogP contribution in [0.5, 0.6) is 11.5 Å². The Kier molecular flexibility index (Phi) is 7.09. The molecule has 1 N–H and O–H groups in total. The first-order valence-corrected chi connectivity index (χ1v) is 9.91. The van der Waals surface area contributed by atoms with Gasteiger partial charge in [-0.15, -0.1) is 0 Å². The number of aryl methyl sites for hydroxylation is 1. The molecule has 0 bridgehead atoms. The summed E-state index contributed by atoms with van der Waals surface area (Å²) < 4.78 is 12.3. The van der Waals surface area contributed by atoms with Gasteiger partial charge in [-0.3, -0.25) is 4.79 Å². The molecule has 0 fully saturated rings. The lowest BCUT2D eigenvalue weighted by Crippen LogP contribution is -2.20. The second-order valence-electron chi connectivity index (χ2n) is 6.26. The maximum absolute atomic E-state index is 12.2. The van der Waals surface area contributed by atoms with Gasteiger partial charge in [-0.2, -0.15) is 0 Å². The van der Waals surface area contributed by atoms with E-state index in [4.69, 9.17) is 9.47 Å². The average Bonchev–Trinajstić information content (AvgIpc) is 2.72. The van der Waals surface area contributed by atoms with E-state index in [9.17, 15) is 4.79 Å². The highest BCUT2D eigenvalue weighted by molar-refractivity contribution is 9.10. The number of rotatable bonds is 8. The fourth-order valence-electron chi connectivity index (χ4n) is 2.63. The van der Waals surface area contributed by atoms with Gasteiger partial charge in [-0.05, 0) is 57.7 Å². The number of anilines is 1. The third-order valence-corrected chi connectivity index (χ3v) is 4.75. The third-order valence-electron chi connectivity index (χ3n) is 4.13. The Bertz CT molecular complexity index is 928. The largest absolute Gasteiger partial charge is 0.489 e. The number of amides is 1. The van der Waals surface area contributed by atoms with E-state index in [2.05, 4.69) is 28.2 Å². The predicted octanol–water partition coefficient (Wildman–Crippen LogP) is 5.61. The first-order chi connectivity index (χ1) is 13.6. The Morgan fingerprint density at radius 2 is 1.75 bits per heavy atom. The zero-order valence-electron chi connectivity index (χ0n) is 15.7. The smallest absolute Gasteiger partial charge is 0.262 e. The van der Waals surface area contributed by atoms with Crippen LogP contribution in [0.3, 0.4) is 0 Å². The van der Waals surface area contributed by atoms with Crippen molar-refractivity contribution < 1.29 is 14.3 Å². The SMILES string of the molecule is CCc1ccc(OCC(=O)Nc2cccc(OCc3ccccc3)c2)c(Br)c1. The van der Waals surface area contributed by atoms with Crippen molar-refractivity contribution in [2.75, 3.05) is 11.9 Å². The van der Waals surface area contributed by atoms with Gasteiger partial charge in [0.15, 0.2) is 6.61 Å². The lowest BCUT2D eigenvalue weighted by atomic mass is 10.2. The van der Waals surface area contributed by atoms with Gasteiger partial charge in [0.25, 0.3) is 5.91 Å². The summed E-state index contributed by atoms with van der Waals surface area (Å²) in [4.78, 5) is 12.2. The summed E-state index contributed by atoms with van der Waals surface area (Å²) in [6, 6.07) is 23.1. The van der Waals surface area contributed by atoms with Crippen LogP contribution in [0, 0.1) is 0 Å². The van der Waals surface area contributed by atoms with Crippen molar-refractivity contribution in [1.29, 1.82) is 0 Å². The molecule has 0 saturated heterocycles. The number of carbonyl (C=O) groups excluding carboxylic acids is 1. The summed E-state index contributed by atoms with van der Waals surface area (Å²) in [6.45, 7) is 2.50. The standard InChI is InChI=1S/C23H22BrNO3/c1-2-17-11-12-22(21(24)13-17)28-16-23(26)25-19-9-6-10-20(14-19)27-15-18-7-4-3-5-8-18/h3-14H,2,15-16H2,1H3,(H,25,26). The van der Waals surface area contributed by atoms with Gasteiger partial charge in [0.2, 0.25) is 0 Å². The van der Waals surface area contributed by atoms with Gasteiger partial charge in [0.05, 0.1) is 4.47 Å². The van der Waals surface area contributed by atoms with Crippen molar-refractivity contribution in [1.82, 2.24) is 0 Å². The van der Waals surface area contributed by atoms with Gasteiger partial charge < -0.3 is 14.8 Å². The van der Waals surface area contributed by atoms with E-state index in [1.54, 1.807) is 6.07 Å². The summed E-state index contributed by atoms with van der Waals surface area (Å²) >= 11 is 3.48. The molecule has 0 heterocycles. The second kappa shape index (κ2) is 9.95. The second-order valence-corrected chi connectivity index (χ2v) is 7.11. The molecule has 0 saturated carbocycles. The molecule has 144 valence electrons. The minimum atomic E-state index is -0.230. The number of hydrogen-bond donors (Lipinski definition) is 1. The number of halogens is 1. The molecule has 0 aliphatic carbocycles. The maximum atomic E-state index is 12.2. The fraction of sp³-hybridized carbons (Fsp3) is 0.174. The van der Waals surface area contributed by atoms with Crippen LogP contribution < -0.4 is 14.8 Å². The summed E-state index contributed by atoms with van der Waals surface area (Å²) in [7, 11) is 0. The van der Waals surface area contributed by atoms with E-state index in [1.807, 2.05) is 66.7 Å². The van der Waals surface area contributed by atoms with Crippen LogP contribution in [0.2, 0.25) is 0 Å². The van der Waals surface area contributed by atoms with Crippen LogP contribution in [-0.2, 0) is 17.8 Å². The first-order valence-electron chi connectivity index (χ1n) is 9.12. The molecule has 3 rings (SSSR count). The van der Waals surface area contributed by atoms with Gasteiger partial charge in [-0.25, -0.2) is 0 Å². The highest BCUT2D eigenvalue weighted by Crippen LogP contribution is 2.26. The molecule has 5 heteroatoms. The summed E-state index contributed by atoms with van der Waals surface area (Å²) in [5, 5.41) is 2.83. The molecule has 0 aromatic heterocycles. The normalized spacial score (nSPS) is 10.4. The van der Waals surface area contributed by atoms with E-state index in [0.29, 0.717) is 23.8 Å². The molecule has 0 radical (unpaired) electrons. The van der Waals surface area contributed by atoms with Gasteiger partial charge in [0, 0.05) is 11.8 Å². The molecule has 0 unspecified atom stereocenters. The lowest BCUT2D eigenvalue weighted by Gasteiger charge is -2.11. The van der Waals surface area contributed by atoms with Gasteiger partial charge in [0.1, 0.15) is 18.1 Å². The van der Waals surface area contributed by atoms with Crippen molar-refractivity contribution in [2.45, 2.75) is 20.0 Å². The van der Waals surface area contributed by atoms with Crippen LogP contribution in [-0.4, -0.2) is 12.5 Å². The Balaban J connectivity index is 1.52. The van der Waals surface area contributed by atoms with Crippen LogP contribution in [0.15, 0.2) is 77.3 Å². The van der Waals surface area contributed by atoms with E-state index in [0.717, 1.165) is 16.5 Å². The molecule has 0 aliphatic heterocycles. The molecule has 28 heavy (non-hydrogen) atoms. The molecule has 0 aliphatic rings. The number of hydrogen-bond acceptors (Lipinski definition) is 3. The molecule has 3 aromatic carbocycles. The number of ether oxygens (including phenoxy) is 2. The molecule has 1 amide bonds. The van der Waals surface area contributed by atoms with Crippen molar-refractivity contribution in [3.05, 3.63) is 88.4 Å². The zero-order chi connectivity index (χ0) is 19.8. The number of benzene rings is 3. The van der Waals surface area contributed by atoms with Crippen molar-refractivity contribution in [3.63, 3.8) is 0 Å². The van der Waals surface area contributed by atoms with E-state index in [-0.39, 0.29) is 12.5 Å². The Morgan fingerprint density at radius 3 is 2.50 bits per heavy atom. The fourth-order valence-corrected chi connectivity index (χ4v) is 3.17. The van der Waals surface area contributed by atoms with E-state index in [1.165, 1.54) is 5.56 Å². The minimum absolute atomic E-state index is 0.0703. The van der Waals surface area contributed by atoms with Crippen LogP contribution in [0.4, 0.5) is 5.69 Å². The summed E-state index contributed by atoms with van der Waals surface area (Å²) in [6.07, 6.45) is 0.946. The predicted molar refractivity (Wildman–Crippen MR) is 115 cm³/mol. The first kappa shape index (κ1) is 20.0. The molecular formula is C23H22BrNO3. The Labute approximate surface area is 173 Å². The number of nitrogens with one attached hydrogen (secondary N) is 1. The topological polar surface area (TPSA) is 47.6 Å². The monoisotopic (exact) mass is 439 g/mol. The Hall–Kier alpha value is -2.79. The van der Waals surface area contributed by atoms with Crippen LogP contribution in [0.25, 0.3) is 0 Å². The van der Waals surface area contributed by atoms with Crippen molar-refractivity contribution in [2.24, 2.45) is 0 Å².